The minimum absolute atomic E-state index is 0.643. The molecule has 22 heavy (non-hydrogen) atoms. The van der Waals surface area contributed by atoms with Crippen LogP contribution in [0, 0.1) is 6.92 Å². The Morgan fingerprint density at radius 2 is 1.95 bits per heavy atom. The predicted octanol–water partition coefficient (Wildman–Crippen LogP) is 4.57. The van der Waals surface area contributed by atoms with Gasteiger partial charge >= 0.3 is 0 Å². The van der Waals surface area contributed by atoms with Crippen LogP contribution in [0.2, 0.25) is 5.02 Å². The molecule has 1 aromatic heterocycles. The Labute approximate surface area is 135 Å². The quantitative estimate of drug-likeness (QED) is 0.330. The maximum atomic E-state index is 8.93. The number of rotatable bonds is 3. The van der Waals surface area contributed by atoms with Gasteiger partial charge in [0.05, 0.1) is 21.2 Å². The van der Waals surface area contributed by atoms with Crippen molar-refractivity contribution in [2.24, 2.45) is 5.16 Å². The highest BCUT2D eigenvalue weighted by Crippen LogP contribution is 2.31. The number of halogens is 1. The first kappa shape index (κ1) is 14.9. The van der Waals surface area contributed by atoms with Crippen LogP contribution in [0.5, 0.6) is 5.75 Å². The fourth-order valence-corrected chi connectivity index (χ4v) is 2.97. The first-order valence-corrected chi connectivity index (χ1v) is 7.46. The van der Waals surface area contributed by atoms with Crippen LogP contribution in [0.15, 0.2) is 47.6 Å². The van der Waals surface area contributed by atoms with Crippen molar-refractivity contribution in [3.63, 3.8) is 0 Å². The topological polar surface area (TPSA) is 46.8 Å². The highest BCUT2D eigenvalue weighted by Gasteiger charge is 2.14. The van der Waals surface area contributed by atoms with Gasteiger partial charge in [-0.25, -0.2) is 0 Å². The molecule has 1 heterocycles. The van der Waals surface area contributed by atoms with E-state index in [9.17, 15) is 0 Å². The van der Waals surface area contributed by atoms with Gasteiger partial charge in [-0.3, -0.25) is 0 Å². The molecule has 0 aliphatic heterocycles. The average molecular weight is 333 g/mol. The third-order valence-electron chi connectivity index (χ3n) is 3.63. The third-order valence-corrected chi connectivity index (χ3v) is 4.14. The van der Waals surface area contributed by atoms with Crippen LogP contribution >= 0.6 is 21.1 Å². The van der Waals surface area contributed by atoms with E-state index in [1.54, 1.807) is 0 Å². The molecule has 0 saturated heterocycles. The van der Waals surface area contributed by atoms with Gasteiger partial charge in [0, 0.05) is 27.4 Å². The molecule has 0 aliphatic rings. The van der Waals surface area contributed by atoms with E-state index in [0.29, 0.717) is 5.02 Å². The summed E-state index contributed by atoms with van der Waals surface area (Å²) in [7, 11) is 2.23. The molecular weight excluding hydrogens is 319 g/mol. The number of hydrogen-bond donors (Lipinski definition) is 1. The van der Waals surface area contributed by atoms with Crippen molar-refractivity contribution in [1.29, 1.82) is 0 Å². The molecule has 0 amide bonds. The van der Waals surface area contributed by atoms with Gasteiger partial charge in [-0.1, -0.05) is 16.8 Å². The van der Waals surface area contributed by atoms with Gasteiger partial charge in [-0.15, -0.1) is 0 Å². The molecule has 2 aromatic carbocycles. The molecule has 0 bridgehead atoms. The molecule has 6 heteroatoms. The fourth-order valence-electron chi connectivity index (χ4n) is 2.64. The van der Waals surface area contributed by atoms with Gasteiger partial charge in [0.1, 0.15) is 5.75 Å². The van der Waals surface area contributed by atoms with E-state index in [0.717, 1.165) is 33.6 Å². The molecule has 0 fully saturated rings. The SMILES string of the molecule is Cc1c(/C=N/O)c2cc(Cl)ccc2n1-c1ccc(OP)cc1. The molecule has 3 aromatic rings. The molecule has 0 radical (unpaired) electrons. The summed E-state index contributed by atoms with van der Waals surface area (Å²) in [4.78, 5) is 0. The standard InChI is InChI=1S/C16H14ClN2O2P/c1-10-15(9-18-20)14-8-11(17)2-7-16(14)19(10)12-3-5-13(21-22)6-4-12/h2-9,20H,22H2,1H3/b18-9+. The van der Waals surface area contributed by atoms with Crippen LogP contribution in [0.1, 0.15) is 11.3 Å². The van der Waals surface area contributed by atoms with Crippen LogP contribution in [0.4, 0.5) is 0 Å². The maximum absolute atomic E-state index is 8.93. The van der Waals surface area contributed by atoms with Crippen molar-refractivity contribution < 1.29 is 9.73 Å². The number of fused-ring (bicyclic) bond motifs is 1. The summed E-state index contributed by atoms with van der Waals surface area (Å²) >= 11 is 6.10. The number of nitrogens with zero attached hydrogens (tertiary/aromatic N) is 2. The van der Waals surface area contributed by atoms with Gasteiger partial charge in [-0.2, -0.15) is 0 Å². The minimum atomic E-state index is 0.643. The minimum Gasteiger partial charge on any atom is -0.480 e. The van der Waals surface area contributed by atoms with Crippen LogP contribution in [-0.4, -0.2) is 16.0 Å². The normalized spacial score (nSPS) is 11.4. The van der Waals surface area contributed by atoms with E-state index in [2.05, 4.69) is 19.2 Å². The van der Waals surface area contributed by atoms with Crippen LogP contribution < -0.4 is 4.52 Å². The van der Waals surface area contributed by atoms with E-state index in [1.165, 1.54) is 6.21 Å². The zero-order chi connectivity index (χ0) is 15.7. The third kappa shape index (κ3) is 2.45. The van der Waals surface area contributed by atoms with Gasteiger partial charge in [0.25, 0.3) is 0 Å². The second kappa shape index (κ2) is 5.99. The van der Waals surface area contributed by atoms with Crippen LogP contribution in [0.25, 0.3) is 16.6 Å². The van der Waals surface area contributed by atoms with Crippen molar-refractivity contribution in [3.05, 3.63) is 58.7 Å². The molecule has 0 saturated carbocycles. The number of hydrogen-bond acceptors (Lipinski definition) is 3. The van der Waals surface area contributed by atoms with E-state index in [4.69, 9.17) is 21.3 Å². The Bertz CT molecular complexity index is 857. The smallest absolute Gasteiger partial charge is 0.122 e. The van der Waals surface area contributed by atoms with E-state index >= 15 is 0 Å². The zero-order valence-electron chi connectivity index (χ0n) is 11.8. The van der Waals surface area contributed by atoms with Crippen molar-refractivity contribution in [1.82, 2.24) is 4.57 Å². The van der Waals surface area contributed by atoms with E-state index < -0.39 is 0 Å². The Balaban J connectivity index is 2.30. The zero-order valence-corrected chi connectivity index (χ0v) is 13.7. The summed E-state index contributed by atoms with van der Waals surface area (Å²) in [6.07, 6.45) is 1.44. The Morgan fingerprint density at radius 1 is 1.23 bits per heavy atom. The van der Waals surface area contributed by atoms with Crippen molar-refractivity contribution in [3.8, 4) is 11.4 Å². The molecule has 4 nitrogen and oxygen atoms in total. The fraction of sp³-hybridized carbons (Fsp3) is 0.0625. The summed E-state index contributed by atoms with van der Waals surface area (Å²) in [5, 5.41) is 13.7. The lowest BCUT2D eigenvalue weighted by Gasteiger charge is -2.09. The summed E-state index contributed by atoms with van der Waals surface area (Å²) < 4.78 is 7.21. The number of benzene rings is 2. The summed E-state index contributed by atoms with van der Waals surface area (Å²) in [5.41, 5.74) is 3.80. The van der Waals surface area contributed by atoms with Gasteiger partial charge in [0.15, 0.2) is 0 Å². The van der Waals surface area contributed by atoms with Crippen molar-refractivity contribution in [2.75, 3.05) is 0 Å². The Hall–Kier alpha value is -2.03. The van der Waals surface area contributed by atoms with Crippen molar-refractivity contribution in [2.45, 2.75) is 6.92 Å². The largest absolute Gasteiger partial charge is 0.480 e. The molecule has 1 atom stereocenters. The second-order valence-electron chi connectivity index (χ2n) is 4.85. The number of aromatic nitrogens is 1. The molecule has 1 N–H and O–H groups in total. The second-order valence-corrected chi connectivity index (χ2v) is 5.52. The van der Waals surface area contributed by atoms with Crippen LogP contribution in [0.3, 0.4) is 0 Å². The molecule has 0 aliphatic carbocycles. The molecule has 3 rings (SSSR count). The van der Waals surface area contributed by atoms with E-state index in [1.807, 2.05) is 49.4 Å². The number of oxime groups is 1. The lowest BCUT2D eigenvalue weighted by molar-refractivity contribution is 0.322. The van der Waals surface area contributed by atoms with Gasteiger partial charge < -0.3 is 14.3 Å². The van der Waals surface area contributed by atoms with Gasteiger partial charge in [0.2, 0.25) is 0 Å². The highest BCUT2D eigenvalue weighted by molar-refractivity contribution is 7.10. The van der Waals surface area contributed by atoms with Crippen LogP contribution in [-0.2, 0) is 0 Å². The lowest BCUT2D eigenvalue weighted by Crippen LogP contribution is -1.97. The summed E-state index contributed by atoms with van der Waals surface area (Å²) in [6, 6.07) is 13.4. The Kier molecular flexibility index (Phi) is 4.06. The first-order valence-electron chi connectivity index (χ1n) is 6.61. The highest BCUT2D eigenvalue weighted by atomic mass is 35.5. The lowest BCUT2D eigenvalue weighted by atomic mass is 10.1. The van der Waals surface area contributed by atoms with Crippen molar-refractivity contribution >= 4 is 38.2 Å². The van der Waals surface area contributed by atoms with E-state index in [-0.39, 0.29) is 0 Å². The van der Waals surface area contributed by atoms with Gasteiger partial charge in [-0.05, 0) is 49.4 Å². The molecule has 1 unspecified atom stereocenters. The maximum Gasteiger partial charge on any atom is 0.122 e. The predicted molar refractivity (Wildman–Crippen MR) is 92.7 cm³/mol. The summed E-state index contributed by atoms with van der Waals surface area (Å²) in [6.45, 7) is 1.98. The summed E-state index contributed by atoms with van der Waals surface area (Å²) in [5.74, 6) is 0.767. The molecule has 0 spiro atoms. The Morgan fingerprint density at radius 3 is 2.59 bits per heavy atom. The molecular formula is C16H14ClN2O2P. The monoisotopic (exact) mass is 332 g/mol. The molecule has 112 valence electrons. The average Bonchev–Trinajstić information content (AvgIpc) is 2.80. The first-order chi connectivity index (χ1) is 10.7.